The quantitative estimate of drug-likeness (QED) is 0.653. The lowest BCUT2D eigenvalue weighted by Gasteiger charge is -2.19. The van der Waals surface area contributed by atoms with Crippen LogP contribution in [0.1, 0.15) is 19.3 Å². The second kappa shape index (κ2) is 7.62. The van der Waals surface area contributed by atoms with E-state index in [1.54, 1.807) is 6.07 Å². The van der Waals surface area contributed by atoms with Gasteiger partial charge in [-0.05, 0) is 30.7 Å². The molecule has 0 amide bonds. The Bertz CT molecular complexity index is 516. The summed E-state index contributed by atoms with van der Waals surface area (Å²) in [5, 5.41) is 3.25. The van der Waals surface area contributed by atoms with E-state index in [9.17, 15) is 13.2 Å². The van der Waals surface area contributed by atoms with Gasteiger partial charge in [0.1, 0.15) is 5.75 Å². The van der Waals surface area contributed by atoms with Crippen molar-refractivity contribution in [1.29, 1.82) is 0 Å². The monoisotopic (exact) mass is 333 g/mol. The molecule has 2 rings (SSSR count). The van der Waals surface area contributed by atoms with Gasteiger partial charge >= 0.3 is 6.36 Å². The minimum atomic E-state index is -4.71. The van der Waals surface area contributed by atoms with Gasteiger partial charge in [0, 0.05) is 17.0 Å². The average molecular weight is 333 g/mol. The van der Waals surface area contributed by atoms with Crippen LogP contribution in [0.4, 0.5) is 18.9 Å². The maximum Gasteiger partial charge on any atom is 0.573 e. The van der Waals surface area contributed by atoms with E-state index >= 15 is 0 Å². The number of anilines is 1. The summed E-state index contributed by atoms with van der Waals surface area (Å²) in [6.07, 6.45) is -1.14. The molecule has 0 aliphatic carbocycles. The van der Waals surface area contributed by atoms with Crippen LogP contribution in [0.5, 0.6) is 5.75 Å². The van der Waals surface area contributed by atoms with Crippen LogP contribution in [0.3, 0.4) is 0 Å². The van der Waals surface area contributed by atoms with Gasteiger partial charge in [0.25, 0.3) is 0 Å². The highest BCUT2D eigenvalue weighted by Gasteiger charge is 2.31. The van der Waals surface area contributed by atoms with Crippen molar-refractivity contribution in [3.8, 4) is 5.75 Å². The second-order valence-electron chi connectivity index (χ2n) is 4.92. The molecule has 0 radical (unpaired) electrons. The number of rotatable bonds is 4. The summed E-state index contributed by atoms with van der Waals surface area (Å²) in [6, 6.07) is 5.50. The number of alkyl halides is 3. The Morgan fingerprint density at radius 3 is 2.91 bits per heavy atom. The smallest absolute Gasteiger partial charge is 0.406 e. The zero-order valence-corrected chi connectivity index (χ0v) is 12.7. The van der Waals surface area contributed by atoms with Gasteiger partial charge < -0.3 is 15.8 Å². The Hall–Kier alpha value is -1.57. The first-order chi connectivity index (χ1) is 10.4. The molecule has 1 aliphatic rings. The van der Waals surface area contributed by atoms with Gasteiger partial charge in [-0.25, -0.2) is 0 Å². The summed E-state index contributed by atoms with van der Waals surface area (Å²) in [4.78, 5) is 4.25. The number of guanidine groups is 1. The van der Waals surface area contributed by atoms with Crippen molar-refractivity contribution >= 4 is 23.4 Å². The second-order valence-corrected chi connectivity index (χ2v) is 6.32. The number of ether oxygens (including phenoxy) is 1. The first-order valence-electron chi connectivity index (χ1n) is 6.97. The Morgan fingerprint density at radius 2 is 2.23 bits per heavy atom. The first kappa shape index (κ1) is 16.8. The number of nitrogens with one attached hydrogen (secondary N) is 1. The number of thioether (sulfide) groups is 1. The van der Waals surface area contributed by atoms with Crippen molar-refractivity contribution in [2.75, 3.05) is 17.6 Å². The Morgan fingerprint density at radius 1 is 1.41 bits per heavy atom. The molecule has 1 fully saturated rings. The van der Waals surface area contributed by atoms with Crippen molar-refractivity contribution in [2.45, 2.75) is 30.9 Å². The number of nitrogens with zero attached hydrogens (tertiary/aromatic N) is 1. The molecule has 1 aliphatic heterocycles. The highest BCUT2D eigenvalue weighted by molar-refractivity contribution is 7.99. The predicted octanol–water partition coefficient (Wildman–Crippen LogP) is 3.60. The van der Waals surface area contributed by atoms with Gasteiger partial charge in [0.05, 0.1) is 6.54 Å². The number of hydrogen-bond acceptors (Lipinski definition) is 3. The summed E-state index contributed by atoms with van der Waals surface area (Å²) in [7, 11) is 0. The van der Waals surface area contributed by atoms with Gasteiger partial charge in [0.15, 0.2) is 5.96 Å². The van der Waals surface area contributed by atoms with Crippen LogP contribution < -0.4 is 15.8 Å². The molecule has 22 heavy (non-hydrogen) atoms. The molecular formula is C14H18F3N3OS. The zero-order chi connectivity index (χ0) is 16.0. The van der Waals surface area contributed by atoms with E-state index in [-0.39, 0.29) is 11.7 Å². The molecule has 122 valence electrons. The van der Waals surface area contributed by atoms with Crippen molar-refractivity contribution in [2.24, 2.45) is 10.7 Å². The molecule has 1 heterocycles. The largest absolute Gasteiger partial charge is 0.573 e. The summed E-state index contributed by atoms with van der Waals surface area (Å²) in [5.74, 6) is 1.04. The fourth-order valence-electron chi connectivity index (χ4n) is 2.11. The molecule has 4 nitrogen and oxygen atoms in total. The third kappa shape index (κ3) is 6.05. The van der Waals surface area contributed by atoms with Gasteiger partial charge in [0.2, 0.25) is 0 Å². The third-order valence-electron chi connectivity index (χ3n) is 3.08. The molecule has 8 heteroatoms. The Balaban J connectivity index is 1.90. The van der Waals surface area contributed by atoms with Crippen LogP contribution >= 0.6 is 11.8 Å². The molecule has 0 saturated carbocycles. The van der Waals surface area contributed by atoms with Crippen LogP contribution in [-0.4, -0.2) is 29.9 Å². The van der Waals surface area contributed by atoms with Crippen LogP contribution in [0.15, 0.2) is 29.3 Å². The molecule has 1 unspecified atom stereocenters. The van der Waals surface area contributed by atoms with E-state index in [1.807, 2.05) is 11.8 Å². The molecule has 1 aromatic rings. The topological polar surface area (TPSA) is 59.6 Å². The summed E-state index contributed by atoms with van der Waals surface area (Å²) >= 11 is 1.88. The van der Waals surface area contributed by atoms with E-state index in [0.717, 1.165) is 12.2 Å². The molecule has 0 aromatic heterocycles. The zero-order valence-electron chi connectivity index (χ0n) is 11.9. The van der Waals surface area contributed by atoms with Crippen LogP contribution in [-0.2, 0) is 0 Å². The maximum atomic E-state index is 12.2. The minimum Gasteiger partial charge on any atom is -0.406 e. The minimum absolute atomic E-state index is 0.190. The number of halogens is 3. The van der Waals surface area contributed by atoms with Gasteiger partial charge in [-0.1, -0.05) is 12.5 Å². The highest BCUT2D eigenvalue weighted by atomic mass is 32.2. The summed E-state index contributed by atoms with van der Waals surface area (Å²) in [6.45, 7) is 0.613. The van der Waals surface area contributed by atoms with Crippen molar-refractivity contribution in [3.63, 3.8) is 0 Å². The number of benzene rings is 1. The Labute approximate surface area is 131 Å². The third-order valence-corrected chi connectivity index (χ3v) is 4.46. The van der Waals surface area contributed by atoms with E-state index in [4.69, 9.17) is 5.73 Å². The number of hydrogen-bond donors (Lipinski definition) is 2. The normalized spacial score (nSPS) is 19.8. The maximum absolute atomic E-state index is 12.2. The Kier molecular flexibility index (Phi) is 5.82. The van der Waals surface area contributed by atoms with Gasteiger partial charge in [-0.15, -0.1) is 13.2 Å². The standard InChI is InChI=1S/C14H18F3N3OS/c15-14(16,17)21-11-5-3-4-10(8-11)20-13(18)19-9-12-6-1-2-7-22-12/h3-5,8,12H,1-2,6-7,9H2,(H3,18,19,20). The summed E-state index contributed by atoms with van der Waals surface area (Å²) in [5.41, 5.74) is 6.17. The summed E-state index contributed by atoms with van der Waals surface area (Å²) < 4.78 is 40.4. The molecule has 0 spiro atoms. The van der Waals surface area contributed by atoms with Gasteiger partial charge in [-0.2, -0.15) is 11.8 Å². The highest BCUT2D eigenvalue weighted by Crippen LogP contribution is 2.26. The molecule has 3 N–H and O–H groups in total. The van der Waals surface area contributed by atoms with Crippen molar-refractivity contribution < 1.29 is 17.9 Å². The first-order valence-corrected chi connectivity index (χ1v) is 8.01. The van der Waals surface area contributed by atoms with Crippen LogP contribution in [0.25, 0.3) is 0 Å². The van der Waals surface area contributed by atoms with E-state index < -0.39 is 6.36 Å². The SMILES string of the molecule is NC(=NCC1CCCCS1)Nc1cccc(OC(F)(F)F)c1. The fraction of sp³-hybridized carbons (Fsp3) is 0.500. The lowest BCUT2D eigenvalue weighted by molar-refractivity contribution is -0.274. The van der Waals surface area contributed by atoms with Crippen molar-refractivity contribution in [1.82, 2.24) is 0 Å². The lowest BCUT2D eigenvalue weighted by atomic mass is 10.2. The molecule has 1 atom stereocenters. The van der Waals surface area contributed by atoms with Crippen molar-refractivity contribution in [3.05, 3.63) is 24.3 Å². The predicted molar refractivity (Wildman–Crippen MR) is 83.3 cm³/mol. The molecule has 1 aromatic carbocycles. The van der Waals surface area contributed by atoms with E-state index in [1.165, 1.54) is 31.0 Å². The molecule has 1 saturated heterocycles. The molecular weight excluding hydrogens is 315 g/mol. The lowest BCUT2D eigenvalue weighted by Crippen LogP contribution is -2.25. The van der Waals surface area contributed by atoms with Crippen LogP contribution in [0, 0.1) is 0 Å². The van der Waals surface area contributed by atoms with E-state index in [2.05, 4.69) is 15.0 Å². The number of nitrogens with two attached hydrogens (primary N) is 1. The van der Waals surface area contributed by atoms with Crippen LogP contribution in [0.2, 0.25) is 0 Å². The average Bonchev–Trinajstić information content (AvgIpc) is 2.45. The molecule has 0 bridgehead atoms. The fourth-order valence-corrected chi connectivity index (χ4v) is 3.33. The number of aliphatic imine (C=N–C) groups is 1. The van der Waals surface area contributed by atoms with E-state index in [0.29, 0.717) is 17.5 Å². The van der Waals surface area contributed by atoms with Gasteiger partial charge in [-0.3, -0.25) is 4.99 Å².